The summed E-state index contributed by atoms with van der Waals surface area (Å²) in [4.78, 5) is 22.3. The molecule has 0 bridgehead atoms. The first-order valence-corrected chi connectivity index (χ1v) is 8.64. The Labute approximate surface area is 136 Å². The molecule has 0 aliphatic carbocycles. The molecule has 113 valence electrons. The predicted molar refractivity (Wildman–Crippen MR) is 89.0 cm³/mol. The second-order valence-electron chi connectivity index (χ2n) is 4.58. The molecule has 1 N–H and O–H groups in total. The zero-order valence-electron chi connectivity index (χ0n) is 11.6. The van der Waals surface area contributed by atoms with Crippen LogP contribution in [0.3, 0.4) is 0 Å². The number of hydrogen-bond acceptors (Lipinski definition) is 6. The van der Waals surface area contributed by atoms with E-state index >= 15 is 0 Å². The largest absolute Gasteiger partial charge is 0.494 e. The lowest BCUT2D eigenvalue weighted by Crippen LogP contribution is -2.13. The normalized spacial score (nSPS) is 14.5. The highest BCUT2D eigenvalue weighted by Gasteiger charge is 2.14. The van der Waals surface area contributed by atoms with Crippen molar-refractivity contribution in [3.05, 3.63) is 69.7 Å². The van der Waals surface area contributed by atoms with Gasteiger partial charge in [-0.15, -0.1) is 11.3 Å². The van der Waals surface area contributed by atoms with Crippen molar-refractivity contribution in [2.24, 2.45) is 0 Å². The van der Waals surface area contributed by atoms with Crippen LogP contribution in [-0.2, 0) is 6.42 Å². The highest BCUT2D eigenvalue weighted by molar-refractivity contribution is 8.02. The summed E-state index contributed by atoms with van der Waals surface area (Å²) in [5.41, 5.74) is 1.26. The molecular weight excluding hydrogens is 318 g/mol. The van der Waals surface area contributed by atoms with Crippen LogP contribution in [0.4, 0.5) is 0 Å². The van der Waals surface area contributed by atoms with Crippen LogP contribution in [0.25, 0.3) is 0 Å². The van der Waals surface area contributed by atoms with Crippen molar-refractivity contribution in [1.29, 1.82) is 0 Å². The summed E-state index contributed by atoms with van der Waals surface area (Å²) >= 11 is 2.52. The molecular formula is C15H14N3O2S2. The average molecular weight is 332 g/mol. The Balaban J connectivity index is 1.69. The van der Waals surface area contributed by atoms with Crippen LogP contribution >= 0.6 is 23.1 Å². The Morgan fingerprint density at radius 1 is 1.50 bits per heavy atom. The Bertz CT molecular complexity index is 725. The van der Waals surface area contributed by atoms with Crippen LogP contribution in [-0.4, -0.2) is 31.6 Å². The van der Waals surface area contributed by atoms with Crippen LogP contribution in [0, 0.1) is 0 Å². The number of rotatable bonds is 5. The second kappa shape index (κ2) is 6.76. The molecule has 1 aliphatic rings. The van der Waals surface area contributed by atoms with Gasteiger partial charge in [0.1, 0.15) is 5.69 Å². The molecule has 1 radical (unpaired) electrons. The van der Waals surface area contributed by atoms with Crippen molar-refractivity contribution < 1.29 is 9.90 Å². The Morgan fingerprint density at radius 3 is 3.14 bits per heavy atom. The van der Waals surface area contributed by atoms with Crippen LogP contribution < -0.4 is 0 Å². The SMILES string of the molecule is O=C(C=C(O)N1C=C[SH]C1)c1csc(Cc2ccccn2)n1. The van der Waals surface area contributed by atoms with E-state index in [9.17, 15) is 9.90 Å². The number of allylic oxidation sites excluding steroid dienone is 1. The molecule has 0 amide bonds. The Kier molecular flexibility index (Phi) is 4.55. The molecule has 0 saturated carbocycles. The molecule has 0 spiro atoms. The van der Waals surface area contributed by atoms with Gasteiger partial charge in [0, 0.05) is 36.0 Å². The zero-order valence-corrected chi connectivity index (χ0v) is 13.3. The number of ketones is 1. The minimum absolute atomic E-state index is 0.0504. The molecule has 3 rings (SSSR count). The number of carbonyl (C=O) groups is 1. The molecule has 7 heteroatoms. The highest BCUT2D eigenvalue weighted by Crippen LogP contribution is 2.19. The number of thiol groups is 1. The van der Waals surface area contributed by atoms with Crippen LogP contribution in [0.2, 0.25) is 0 Å². The van der Waals surface area contributed by atoms with Crippen molar-refractivity contribution in [3.63, 3.8) is 0 Å². The number of thiazole rings is 1. The number of hydrogen-bond donors (Lipinski definition) is 2. The van der Waals surface area contributed by atoms with Gasteiger partial charge in [0.05, 0.1) is 10.9 Å². The van der Waals surface area contributed by atoms with Crippen LogP contribution in [0.5, 0.6) is 0 Å². The van der Waals surface area contributed by atoms with Gasteiger partial charge >= 0.3 is 0 Å². The minimum atomic E-state index is -0.294. The van der Waals surface area contributed by atoms with Crippen molar-refractivity contribution in [1.82, 2.24) is 14.9 Å². The van der Waals surface area contributed by atoms with Gasteiger partial charge in [0.2, 0.25) is 5.78 Å². The molecule has 0 atom stereocenters. The van der Waals surface area contributed by atoms with Crippen LogP contribution in [0.15, 0.2) is 53.3 Å². The predicted octanol–water partition coefficient (Wildman–Crippen LogP) is 2.92. The first-order chi connectivity index (χ1) is 10.7. The summed E-state index contributed by atoms with van der Waals surface area (Å²) < 4.78 is 0. The molecule has 0 aromatic carbocycles. The van der Waals surface area contributed by atoms with Gasteiger partial charge in [0.15, 0.2) is 5.88 Å². The van der Waals surface area contributed by atoms with Crippen molar-refractivity contribution in [3.8, 4) is 0 Å². The van der Waals surface area contributed by atoms with E-state index in [4.69, 9.17) is 0 Å². The summed E-state index contributed by atoms with van der Waals surface area (Å²) in [6.45, 7) is 0. The first-order valence-electron chi connectivity index (χ1n) is 6.61. The average Bonchev–Trinajstić information content (AvgIpc) is 3.19. The molecule has 1 aliphatic heterocycles. The maximum atomic E-state index is 12.1. The maximum Gasteiger partial charge on any atom is 0.210 e. The van der Waals surface area contributed by atoms with E-state index in [1.54, 1.807) is 22.7 Å². The van der Waals surface area contributed by atoms with Gasteiger partial charge in [-0.1, -0.05) is 6.07 Å². The van der Waals surface area contributed by atoms with Gasteiger partial charge in [-0.2, -0.15) is 11.8 Å². The minimum Gasteiger partial charge on any atom is -0.494 e. The standard InChI is InChI=1S/C15H14N3O2S2/c19-13(8-15(20)18-5-6-21-10-18)12-9-22-14(17-12)7-11-3-1-2-4-16-11/h1-6,8-9,20-21H,7,10H2. The van der Waals surface area contributed by atoms with E-state index in [2.05, 4.69) is 9.97 Å². The van der Waals surface area contributed by atoms with Gasteiger partial charge in [-0.25, -0.2) is 4.98 Å². The van der Waals surface area contributed by atoms with Crippen LogP contribution in [0.1, 0.15) is 21.2 Å². The van der Waals surface area contributed by atoms with E-state index in [0.29, 0.717) is 18.0 Å². The second-order valence-corrected chi connectivity index (χ2v) is 6.47. The summed E-state index contributed by atoms with van der Waals surface area (Å²) in [6, 6.07) is 5.71. The number of carbonyl (C=O) groups excluding carboxylic acids is 1. The van der Waals surface area contributed by atoms with Gasteiger partial charge in [-0.3, -0.25) is 9.78 Å². The van der Waals surface area contributed by atoms with E-state index in [0.717, 1.165) is 22.5 Å². The molecule has 22 heavy (non-hydrogen) atoms. The van der Waals surface area contributed by atoms with Gasteiger partial charge < -0.3 is 10.0 Å². The highest BCUT2D eigenvalue weighted by atomic mass is 32.2. The fourth-order valence-corrected chi connectivity index (χ4v) is 3.46. The molecule has 2 aromatic rings. The van der Waals surface area contributed by atoms with Gasteiger partial charge in [0.25, 0.3) is 0 Å². The van der Waals surface area contributed by atoms with Crippen molar-refractivity contribution >= 4 is 28.9 Å². The van der Waals surface area contributed by atoms with Crippen molar-refractivity contribution in [2.75, 3.05) is 5.88 Å². The quantitative estimate of drug-likeness (QED) is 0.381. The smallest absolute Gasteiger partial charge is 0.210 e. The molecule has 0 saturated heterocycles. The van der Waals surface area contributed by atoms with Gasteiger partial charge in [-0.05, 0) is 17.5 Å². The first kappa shape index (κ1) is 14.8. The third-order valence-electron chi connectivity index (χ3n) is 3.00. The molecule has 0 fully saturated rings. The number of pyridine rings is 1. The van der Waals surface area contributed by atoms with E-state index in [1.165, 1.54) is 17.4 Å². The third kappa shape index (κ3) is 3.55. The van der Waals surface area contributed by atoms with E-state index in [-0.39, 0.29) is 11.7 Å². The number of nitrogens with zero attached hydrogens (tertiary/aromatic N) is 3. The number of aliphatic hydroxyl groups is 1. The lowest BCUT2D eigenvalue weighted by atomic mass is 10.2. The monoisotopic (exact) mass is 332 g/mol. The molecule has 0 unspecified atom stereocenters. The Morgan fingerprint density at radius 2 is 2.41 bits per heavy atom. The molecule has 3 heterocycles. The fraction of sp³-hybridized carbons (Fsp3) is 0.133. The third-order valence-corrected chi connectivity index (χ3v) is 4.66. The zero-order chi connectivity index (χ0) is 15.4. The van der Waals surface area contributed by atoms with E-state index in [1.807, 2.05) is 23.6 Å². The maximum absolute atomic E-state index is 12.1. The lowest BCUT2D eigenvalue weighted by Gasteiger charge is -2.12. The van der Waals surface area contributed by atoms with Crippen molar-refractivity contribution in [2.45, 2.75) is 6.42 Å². The molecule has 5 nitrogen and oxygen atoms in total. The van der Waals surface area contributed by atoms with E-state index < -0.39 is 0 Å². The number of aliphatic hydroxyl groups excluding tert-OH is 1. The summed E-state index contributed by atoms with van der Waals surface area (Å²) in [5.74, 6) is 0.320. The topological polar surface area (TPSA) is 66.3 Å². The summed E-state index contributed by atoms with van der Waals surface area (Å²) in [7, 11) is 0. The number of aromatic nitrogens is 2. The summed E-state index contributed by atoms with van der Waals surface area (Å²) in [5, 5.41) is 14.4. The lowest BCUT2D eigenvalue weighted by molar-refractivity contribution is 0.103. The fourth-order valence-electron chi connectivity index (χ4n) is 1.90. The molecule has 2 aromatic heterocycles. The summed E-state index contributed by atoms with van der Waals surface area (Å²) in [6.07, 6.45) is 5.31. The Hall–Kier alpha value is -2.12.